The number of carbonyl (C=O) groups is 1. The highest BCUT2D eigenvalue weighted by Gasteiger charge is 2.19. The number of rotatable bonds is 8. The maximum atomic E-state index is 14.6. The van der Waals surface area contributed by atoms with Gasteiger partial charge in [0.2, 0.25) is 15.9 Å². The van der Waals surface area contributed by atoms with E-state index in [4.69, 9.17) is 4.98 Å². The van der Waals surface area contributed by atoms with E-state index >= 15 is 0 Å². The van der Waals surface area contributed by atoms with Crippen LogP contribution in [0.5, 0.6) is 0 Å². The van der Waals surface area contributed by atoms with Crippen LogP contribution in [0.25, 0.3) is 55.8 Å². The van der Waals surface area contributed by atoms with Crippen LogP contribution in [-0.2, 0) is 21.4 Å². The van der Waals surface area contributed by atoms with Gasteiger partial charge in [-0.2, -0.15) is 5.10 Å². The average molecular weight is 628 g/mol. The van der Waals surface area contributed by atoms with Gasteiger partial charge in [-0.3, -0.25) is 19.9 Å². The molecule has 0 bridgehead atoms. The van der Waals surface area contributed by atoms with Gasteiger partial charge in [0.15, 0.2) is 11.5 Å². The van der Waals surface area contributed by atoms with Crippen molar-refractivity contribution >= 4 is 43.7 Å². The number of pyridine rings is 3. The molecule has 5 heterocycles. The van der Waals surface area contributed by atoms with E-state index in [1.54, 1.807) is 37.1 Å². The monoisotopic (exact) mass is 627 g/mol. The number of aromatic amines is 2. The molecule has 45 heavy (non-hydrogen) atoms. The number of H-pyrrole nitrogens is 2. The zero-order chi connectivity index (χ0) is 31.9. The van der Waals surface area contributed by atoms with Crippen molar-refractivity contribution in [1.29, 1.82) is 0 Å². The van der Waals surface area contributed by atoms with E-state index in [2.05, 4.69) is 40.2 Å². The Morgan fingerprint density at radius 3 is 2.51 bits per heavy atom. The summed E-state index contributed by atoms with van der Waals surface area (Å²) in [6, 6.07) is 8.08. The molecule has 230 valence electrons. The van der Waals surface area contributed by atoms with Crippen LogP contribution in [0.1, 0.15) is 32.8 Å². The van der Waals surface area contributed by atoms with E-state index in [1.165, 1.54) is 12.1 Å². The number of benzene rings is 1. The minimum Gasteiger partial charge on any atom is -0.335 e. The van der Waals surface area contributed by atoms with Crippen LogP contribution in [0.2, 0.25) is 0 Å². The second-order valence-corrected chi connectivity index (χ2v) is 13.9. The number of imidazole rings is 1. The highest BCUT2D eigenvalue weighted by Crippen LogP contribution is 2.33. The van der Waals surface area contributed by atoms with Gasteiger partial charge in [-0.25, -0.2) is 27.5 Å². The fourth-order valence-corrected chi connectivity index (χ4v) is 5.40. The third kappa shape index (κ3) is 6.86. The van der Waals surface area contributed by atoms with Crippen molar-refractivity contribution in [3.8, 4) is 33.8 Å². The Labute approximate surface area is 258 Å². The molecule has 0 spiro atoms. The van der Waals surface area contributed by atoms with Crippen LogP contribution in [0.4, 0.5) is 10.1 Å². The molecule has 6 aromatic rings. The number of anilines is 1. The van der Waals surface area contributed by atoms with Crippen molar-refractivity contribution in [3.63, 3.8) is 0 Å². The van der Waals surface area contributed by atoms with E-state index < -0.39 is 15.8 Å². The number of nitrogens with zero attached hydrogens (tertiary/aromatic N) is 5. The molecule has 0 fully saturated rings. The topological polar surface area (TPSA) is 171 Å². The van der Waals surface area contributed by atoms with E-state index in [-0.39, 0.29) is 17.9 Å². The van der Waals surface area contributed by atoms with Crippen molar-refractivity contribution in [2.45, 2.75) is 33.7 Å². The van der Waals surface area contributed by atoms with Gasteiger partial charge in [-0.1, -0.05) is 20.8 Å². The third-order valence-corrected chi connectivity index (χ3v) is 7.56. The molecule has 0 aliphatic rings. The molecule has 0 saturated heterocycles. The number of fused-ring (bicyclic) bond motifs is 2. The van der Waals surface area contributed by atoms with E-state index in [0.29, 0.717) is 62.4 Å². The second kappa shape index (κ2) is 11.4. The molecule has 1 aromatic carbocycles. The lowest BCUT2D eigenvalue weighted by Crippen LogP contribution is -2.21. The normalized spacial score (nSPS) is 12.2. The summed E-state index contributed by atoms with van der Waals surface area (Å²) in [5.74, 6) is -0.165. The van der Waals surface area contributed by atoms with E-state index in [9.17, 15) is 17.6 Å². The number of amides is 1. The van der Waals surface area contributed by atoms with Crippen LogP contribution >= 0.6 is 0 Å². The number of hydrogen-bond donors (Lipinski definition) is 4. The molecule has 0 unspecified atom stereocenters. The van der Waals surface area contributed by atoms with Gasteiger partial charge in [0.25, 0.3) is 0 Å². The van der Waals surface area contributed by atoms with Gasteiger partial charge in [-0.15, -0.1) is 0 Å². The Balaban J connectivity index is 1.34. The predicted molar refractivity (Wildman–Crippen MR) is 170 cm³/mol. The van der Waals surface area contributed by atoms with Gasteiger partial charge in [0.05, 0.1) is 40.8 Å². The molecule has 4 N–H and O–H groups in total. The molecule has 0 saturated carbocycles. The van der Waals surface area contributed by atoms with Crippen molar-refractivity contribution < 1.29 is 17.6 Å². The van der Waals surface area contributed by atoms with Gasteiger partial charge in [0, 0.05) is 48.2 Å². The molecule has 1 amide bonds. The standard InChI is InChI=1S/C31H30FN9O3S/c1-31(2,3)10-26(42)37-22-8-19(12-33-14-22)20-9-23-28(40-41-29(23)35-13-20)30-38-25-16-34-15-24(27(25)39-30)18-5-17(6-21(32)7-18)11-36-45(4,43)44/h5-9,12-16,36H,10-11H2,1-4H3,(H,37,42)(H,38,39)(H,35,40,41). The van der Waals surface area contributed by atoms with E-state index in [1.807, 2.05) is 32.9 Å². The minimum absolute atomic E-state index is 0.0604. The fourth-order valence-electron chi connectivity index (χ4n) is 4.97. The number of nitrogens with one attached hydrogen (secondary N) is 4. The highest BCUT2D eigenvalue weighted by atomic mass is 32.2. The molecule has 14 heteroatoms. The van der Waals surface area contributed by atoms with Crippen molar-refractivity contribution in [2.24, 2.45) is 5.41 Å². The summed E-state index contributed by atoms with van der Waals surface area (Å²) in [7, 11) is -3.46. The SMILES string of the molecule is CC(C)(C)CC(=O)Nc1cncc(-c2cnc3[nH]nc(-c4nc5c(-c6cc(F)cc(CNS(C)(=O)=O)c6)cncc5[nH]4)c3c2)c1. The van der Waals surface area contributed by atoms with Crippen LogP contribution < -0.4 is 10.0 Å². The smallest absolute Gasteiger partial charge is 0.224 e. The Kier molecular flexibility index (Phi) is 7.62. The van der Waals surface area contributed by atoms with Crippen molar-refractivity contribution in [3.05, 3.63) is 72.7 Å². The Hall–Kier alpha value is -5.08. The number of halogens is 1. The maximum Gasteiger partial charge on any atom is 0.224 e. The summed E-state index contributed by atoms with van der Waals surface area (Å²) < 4.78 is 40.1. The lowest BCUT2D eigenvalue weighted by Gasteiger charge is -2.17. The summed E-state index contributed by atoms with van der Waals surface area (Å²) in [5.41, 5.74) is 5.66. The number of hydrogen-bond acceptors (Lipinski definition) is 8. The minimum atomic E-state index is -3.46. The number of sulfonamides is 1. The summed E-state index contributed by atoms with van der Waals surface area (Å²) in [5, 5.41) is 11.0. The summed E-state index contributed by atoms with van der Waals surface area (Å²) >= 11 is 0. The predicted octanol–water partition coefficient (Wildman–Crippen LogP) is 5.19. The Morgan fingerprint density at radius 1 is 0.956 bits per heavy atom. The third-order valence-electron chi connectivity index (χ3n) is 6.89. The molecule has 5 aromatic heterocycles. The first-order chi connectivity index (χ1) is 21.3. The first-order valence-corrected chi connectivity index (χ1v) is 15.9. The maximum absolute atomic E-state index is 14.6. The van der Waals surface area contributed by atoms with Gasteiger partial charge in [0.1, 0.15) is 11.5 Å². The fraction of sp³-hybridized carbons (Fsp3) is 0.226. The highest BCUT2D eigenvalue weighted by molar-refractivity contribution is 7.88. The first kappa shape index (κ1) is 30.0. The first-order valence-electron chi connectivity index (χ1n) is 14.0. The van der Waals surface area contributed by atoms with Crippen LogP contribution in [0.15, 0.2) is 61.3 Å². The second-order valence-electron chi connectivity index (χ2n) is 12.1. The summed E-state index contributed by atoms with van der Waals surface area (Å²) in [6.07, 6.45) is 9.61. The van der Waals surface area contributed by atoms with Gasteiger partial charge < -0.3 is 10.3 Å². The van der Waals surface area contributed by atoms with Gasteiger partial charge in [-0.05, 0) is 46.9 Å². The van der Waals surface area contributed by atoms with E-state index in [0.717, 1.165) is 17.4 Å². The zero-order valence-corrected chi connectivity index (χ0v) is 25.8. The quantitative estimate of drug-likeness (QED) is 0.179. The lowest BCUT2D eigenvalue weighted by atomic mass is 9.92. The van der Waals surface area contributed by atoms with Crippen LogP contribution in [-0.4, -0.2) is 55.7 Å². The molecule has 0 radical (unpaired) electrons. The summed E-state index contributed by atoms with van der Waals surface area (Å²) in [6.45, 7) is 5.95. The molecule has 0 aliphatic heterocycles. The van der Waals surface area contributed by atoms with Crippen LogP contribution in [0.3, 0.4) is 0 Å². The number of carbonyl (C=O) groups excluding carboxylic acids is 1. The molecule has 0 aliphatic carbocycles. The summed E-state index contributed by atoms with van der Waals surface area (Å²) in [4.78, 5) is 33.7. The Bertz CT molecular complexity index is 2190. The average Bonchev–Trinajstić information content (AvgIpc) is 3.58. The van der Waals surface area contributed by atoms with Crippen molar-refractivity contribution in [2.75, 3.05) is 11.6 Å². The molecular weight excluding hydrogens is 597 g/mol. The molecule has 6 rings (SSSR count). The largest absolute Gasteiger partial charge is 0.335 e. The lowest BCUT2D eigenvalue weighted by molar-refractivity contribution is -0.117. The number of aromatic nitrogens is 7. The molecule has 12 nitrogen and oxygen atoms in total. The zero-order valence-electron chi connectivity index (χ0n) is 24.9. The van der Waals surface area contributed by atoms with Crippen molar-refractivity contribution in [1.82, 2.24) is 39.8 Å². The molecule has 0 atom stereocenters. The van der Waals surface area contributed by atoms with Crippen LogP contribution in [0, 0.1) is 11.2 Å². The van der Waals surface area contributed by atoms with Gasteiger partial charge >= 0.3 is 0 Å². The Morgan fingerprint density at radius 2 is 1.73 bits per heavy atom. The molecular formula is C31H30FN9O3S.